The Hall–Kier alpha value is -4.29. The van der Waals surface area contributed by atoms with Crippen LogP contribution in [0.3, 0.4) is 0 Å². The molecule has 0 aliphatic rings. The van der Waals surface area contributed by atoms with Gasteiger partial charge in [0.15, 0.2) is 15.7 Å². The Balaban J connectivity index is 1.58. The van der Waals surface area contributed by atoms with Crippen molar-refractivity contribution < 1.29 is 22.7 Å². The van der Waals surface area contributed by atoms with Crippen LogP contribution in [0.25, 0.3) is 5.52 Å². The number of amides is 2. The van der Waals surface area contributed by atoms with E-state index in [1.54, 1.807) is 30.0 Å². The fraction of sp³-hybridized carbons (Fsp3) is 0.259. The van der Waals surface area contributed by atoms with Crippen molar-refractivity contribution in [2.45, 2.75) is 31.7 Å². The first-order chi connectivity index (χ1) is 18.5. The normalized spacial score (nSPS) is 12.2. The standard InChI is InChI=1S/C27H30N6O5S/c1-16-6-9-20(31-26(34)19-7-10-21(11-8-19)39(5,36)37)12-23(16)32-25-24-18(3)22(13-33(24)29-15-28-25)27(35)30-17(2)14-38-4/h6-13,15,17H,14H2,1-5H3,(H,30,35)(H,31,34)(H,28,29,32)/t17-/m0/s1. The van der Waals surface area contributed by atoms with Crippen LogP contribution in [0.15, 0.2) is 59.9 Å². The van der Waals surface area contributed by atoms with Crippen LogP contribution in [0.2, 0.25) is 0 Å². The van der Waals surface area contributed by atoms with Gasteiger partial charge < -0.3 is 20.7 Å². The molecule has 0 saturated heterocycles. The molecule has 4 rings (SSSR count). The molecule has 0 bridgehead atoms. The van der Waals surface area contributed by atoms with Crippen molar-refractivity contribution in [3.63, 3.8) is 0 Å². The first-order valence-corrected chi connectivity index (χ1v) is 14.0. The minimum atomic E-state index is -3.35. The zero-order valence-corrected chi connectivity index (χ0v) is 23.1. The molecule has 0 aliphatic heterocycles. The van der Waals surface area contributed by atoms with Crippen molar-refractivity contribution in [3.05, 3.63) is 77.2 Å². The third-order valence-corrected chi connectivity index (χ3v) is 7.29. The Kier molecular flexibility index (Phi) is 7.98. The second kappa shape index (κ2) is 11.2. The Bertz CT molecular complexity index is 1650. The van der Waals surface area contributed by atoms with Gasteiger partial charge in [0, 0.05) is 42.5 Å². The predicted octanol–water partition coefficient (Wildman–Crippen LogP) is 3.51. The van der Waals surface area contributed by atoms with Crippen molar-refractivity contribution in [2.75, 3.05) is 30.6 Å². The Morgan fingerprint density at radius 3 is 2.46 bits per heavy atom. The average molecular weight is 551 g/mol. The van der Waals surface area contributed by atoms with Gasteiger partial charge in [0.2, 0.25) is 0 Å². The van der Waals surface area contributed by atoms with Gasteiger partial charge in [0.25, 0.3) is 11.8 Å². The Labute approximate surface area is 226 Å². The molecule has 0 radical (unpaired) electrons. The molecule has 0 saturated carbocycles. The van der Waals surface area contributed by atoms with Crippen LogP contribution in [-0.2, 0) is 14.6 Å². The van der Waals surface area contributed by atoms with Crippen LogP contribution < -0.4 is 16.0 Å². The molecule has 204 valence electrons. The molecule has 1 atom stereocenters. The largest absolute Gasteiger partial charge is 0.383 e. The zero-order valence-electron chi connectivity index (χ0n) is 22.3. The number of rotatable bonds is 9. The maximum atomic E-state index is 12.9. The summed E-state index contributed by atoms with van der Waals surface area (Å²) in [5.74, 6) is -0.122. The summed E-state index contributed by atoms with van der Waals surface area (Å²) < 4.78 is 30.1. The van der Waals surface area contributed by atoms with Gasteiger partial charge >= 0.3 is 0 Å². The summed E-state index contributed by atoms with van der Waals surface area (Å²) >= 11 is 0. The molecule has 0 aliphatic carbocycles. The Morgan fingerprint density at radius 2 is 1.79 bits per heavy atom. The lowest BCUT2D eigenvalue weighted by Crippen LogP contribution is -2.35. The molecule has 2 aromatic carbocycles. The highest BCUT2D eigenvalue weighted by Gasteiger charge is 2.20. The number of carbonyl (C=O) groups is 2. The molecular formula is C27H30N6O5S. The fourth-order valence-electron chi connectivity index (χ4n) is 4.09. The number of aryl methyl sites for hydroxylation is 2. The number of ether oxygens (including phenoxy) is 1. The maximum Gasteiger partial charge on any atom is 0.255 e. The number of benzene rings is 2. The number of nitrogens with zero attached hydrogens (tertiary/aromatic N) is 3. The lowest BCUT2D eigenvalue weighted by atomic mass is 10.1. The summed E-state index contributed by atoms with van der Waals surface area (Å²) in [6.07, 6.45) is 4.17. The van der Waals surface area contributed by atoms with Crippen molar-refractivity contribution in [2.24, 2.45) is 0 Å². The highest BCUT2D eigenvalue weighted by molar-refractivity contribution is 7.90. The van der Waals surface area contributed by atoms with E-state index in [0.29, 0.717) is 46.0 Å². The minimum absolute atomic E-state index is 0.142. The predicted molar refractivity (Wildman–Crippen MR) is 148 cm³/mol. The highest BCUT2D eigenvalue weighted by atomic mass is 32.2. The summed E-state index contributed by atoms with van der Waals surface area (Å²) in [6, 6.07) is 11.0. The van der Waals surface area contributed by atoms with Gasteiger partial charge in [-0.25, -0.2) is 17.9 Å². The minimum Gasteiger partial charge on any atom is -0.383 e. The fourth-order valence-corrected chi connectivity index (χ4v) is 4.72. The summed E-state index contributed by atoms with van der Waals surface area (Å²) in [7, 11) is -1.78. The average Bonchev–Trinajstić information content (AvgIpc) is 3.23. The van der Waals surface area contributed by atoms with Crippen LogP contribution >= 0.6 is 0 Å². The lowest BCUT2D eigenvalue weighted by Gasteiger charge is -2.13. The molecule has 3 N–H and O–H groups in total. The van der Waals surface area contributed by atoms with E-state index in [1.807, 2.05) is 26.8 Å². The molecule has 11 nitrogen and oxygen atoms in total. The lowest BCUT2D eigenvalue weighted by molar-refractivity contribution is 0.0904. The number of fused-ring (bicyclic) bond motifs is 1. The number of hydrogen-bond donors (Lipinski definition) is 3. The summed E-state index contributed by atoms with van der Waals surface area (Å²) in [5, 5.41) is 13.3. The van der Waals surface area contributed by atoms with E-state index in [9.17, 15) is 18.0 Å². The zero-order chi connectivity index (χ0) is 28.3. The van der Waals surface area contributed by atoms with E-state index in [4.69, 9.17) is 4.74 Å². The van der Waals surface area contributed by atoms with E-state index in [0.717, 1.165) is 11.8 Å². The monoisotopic (exact) mass is 550 g/mol. The second-order valence-electron chi connectivity index (χ2n) is 9.30. The van der Waals surface area contributed by atoms with Gasteiger partial charge in [-0.2, -0.15) is 5.10 Å². The van der Waals surface area contributed by atoms with Crippen LogP contribution in [0.4, 0.5) is 17.2 Å². The molecule has 0 fully saturated rings. The van der Waals surface area contributed by atoms with Gasteiger partial charge in [0.1, 0.15) is 11.8 Å². The van der Waals surface area contributed by atoms with Gasteiger partial charge in [-0.15, -0.1) is 0 Å². The van der Waals surface area contributed by atoms with Gasteiger partial charge in [-0.1, -0.05) is 6.07 Å². The number of sulfone groups is 1. The number of nitrogens with one attached hydrogen (secondary N) is 3. The van der Waals surface area contributed by atoms with E-state index in [2.05, 4.69) is 26.0 Å². The maximum absolute atomic E-state index is 12.9. The number of methoxy groups -OCH3 is 1. The van der Waals surface area contributed by atoms with Crippen LogP contribution in [0, 0.1) is 13.8 Å². The second-order valence-corrected chi connectivity index (χ2v) is 11.3. The van der Waals surface area contributed by atoms with E-state index in [-0.39, 0.29) is 22.8 Å². The highest BCUT2D eigenvalue weighted by Crippen LogP contribution is 2.28. The number of carbonyl (C=O) groups excluding carboxylic acids is 2. The third-order valence-electron chi connectivity index (χ3n) is 6.16. The summed E-state index contributed by atoms with van der Waals surface area (Å²) in [5.41, 5.74) is 4.27. The van der Waals surface area contributed by atoms with E-state index < -0.39 is 9.84 Å². The van der Waals surface area contributed by atoms with Crippen molar-refractivity contribution in [3.8, 4) is 0 Å². The number of hydrogen-bond acceptors (Lipinski definition) is 8. The Morgan fingerprint density at radius 1 is 1.08 bits per heavy atom. The van der Waals surface area contributed by atoms with Crippen molar-refractivity contribution in [1.29, 1.82) is 0 Å². The summed E-state index contributed by atoms with van der Waals surface area (Å²) in [4.78, 5) is 30.2. The molecule has 2 aromatic heterocycles. The van der Waals surface area contributed by atoms with Gasteiger partial charge in [-0.3, -0.25) is 9.59 Å². The number of anilines is 3. The number of aromatic nitrogens is 3. The van der Waals surface area contributed by atoms with Crippen LogP contribution in [-0.4, -0.2) is 60.8 Å². The molecule has 2 amide bonds. The molecule has 0 spiro atoms. The van der Waals surface area contributed by atoms with E-state index in [1.165, 1.54) is 30.6 Å². The van der Waals surface area contributed by atoms with Crippen LogP contribution in [0.1, 0.15) is 38.8 Å². The first kappa shape index (κ1) is 27.7. The molecule has 4 aromatic rings. The molecular weight excluding hydrogens is 520 g/mol. The topological polar surface area (TPSA) is 144 Å². The summed E-state index contributed by atoms with van der Waals surface area (Å²) in [6.45, 7) is 6.00. The van der Waals surface area contributed by atoms with Crippen molar-refractivity contribution in [1.82, 2.24) is 19.9 Å². The molecule has 0 unspecified atom stereocenters. The molecule has 39 heavy (non-hydrogen) atoms. The SMILES string of the molecule is COC[C@H](C)NC(=O)c1cn2ncnc(Nc3cc(NC(=O)c4ccc(S(C)(=O)=O)cc4)ccc3C)c2c1C. The van der Waals surface area contributed by atoms with Gasteiger partial charge in [-0.05, 0) is 68.3 Å². The molecule has 12 heteroatoms. The first-order valence-electron chi connectivity index (χ1n) is 12.1. The van der Waals surface area contributed by atoms with E-state index >= 15 is 0 Å². The smallest absolute Gasteiger partial charge is 0.255 e. The van der Waals surface area contributed by atoms with Gasteiger partial charge in [0.05, 0.1) is 17.1 Å². The molecule has 2 heterocycles. The quantitative estimate of drug-likeness (QED) is 0.287. The van der Waals surface area contributed by atoms with Crippen molar-refractivity contribution >= 4 is 44.4 Å². The van der Waals surface area contributed by atoms with Crippen LogP contribution in [0.5, 0.6) is 0 Å². The third kappa shape index (κ3) is 6.24.